The van der Waals surface area contributed by atoms with Crippen LogP contribution < -0.4 is 10.2 Å². The number of anilines is 2. The number of cyclic esters (lactones) is 1. The zero-order valence-electron chi connectivity index (χ0n) is 14.6. The van der Waals surface area contributed by atoms with Gasteiger partial charge in [-0.15, -0.1) is 0 Å². The summed E-state index contributed by atoms with van der Waals surface area (Å²) < 4.78 is 5.09. The van der Waals surface area contributed by atoms with Crippen molar-refractivity contribution in [1.82, 2.24) is 4.98 Å². The molecule has 0 bridgehead atoms. The summed E-state index contributed by atoms with van der Waals surface area (Å²) in [6, 6.07) is 1.75. The predicted octanol–water partition coefficient (Wildman–Crippen LogP) is 3.67. The minimum Gasteiger partial charge on any atom is -0.447 e. The molecule has 0 radical (unpaired) electrons. The Hall–Kier alpha value is -2.63. The monoisotopic (exact) mass is 328 g/mol. The Kier molecular flexibility index (Phi) is 5.39. The lowest BCUT2D eigenvalue weighted by Gasteiger charge is -2.21. The Balaban J connectivity index is 2.44. The number of rotatable bonds is 6. The number of amides is 1. The van der Waals surface area contributed by atoms with E-state index in [1.165, 1.54) is 4.90 Å². The van der Waals surface area contributed by atoms with Gasteiger partial charge in [0.25, 0.3) is 0 Å². The molecule has 1 saturated heterocycles. The number of hydrogen-bond acceptors (Lipinski definition) is 5. The first-order valence-corrected chi connectivity index (χ1v) is 7.93. The van der Waals surface area contributed by atoms with Gasteiger partial charge in [0.1, 0.15) is 12.4 Å². The Morgan fingerprint density at radius 1 is 1.62 bits per heavy atom. The van der Waals surface area contributed by atoms with E-state index in [2.05, 4.69) is 16.9 Å². The van der Waals surface area contributed by atoms with Crippen LogP contribution in [0.25, 0.3) is 0 Å². The van der Waals surface area contributed by atoms with Gasteiger partial charge in [-0.3, -0.25) is 4.90 Å². The van der Waals surface area contributed by atoms with Crippen molar-refractivity contribution in [3.8, 4) is 0 Å². The molecule has 128 valence electrons. The Morgan fingerprint density at radius 3 is 2.83 bits per heavy atom. The number of pyridine rings is 1. The highest BCUT2D eigenvalue weighted by atomic mass is 16.6. The molecular formula is C18H24N4O2. The molecule has 1 aromatic rings. The Labute approximate surface area is 142 Å². The molecular weight excluding hydrogens is 304 g/mol. The average Bonchev–Trinajstić information content (AvgIpc) is 2.88. The van der Waals surface area contributed by atoms with Gasteiger partial charge in [0.15, 0.2) is 0 Å². The lowest BCUT2D eigenvalue weighted by Crippen LogP contribution is -2.32. The number of hydrogen-bond donors (Lipinski definition) is 2. The van der Waals surface area contributed by atoms with E-state index in [9.17, 15) is 4.79 Å². The highest BCUT2D eigenvalue weighted by Gasteiger charge is 2.32. The molecule has 1 atom stereocenters. The molecule has 1 aromatic heterocycles. The zero-order chi connectivity index (χ0) is 17.9. The van der Waals surface area contributed by atoms with Crippen LogP contribution in [0.1, 0.15) is 32.0 Å². The van der Waals surface area contributed by atoms with E-state index in [1.54, 1.807) is 13.0 Å². The Morgan fingerprint density at radius 2 is 2.33 bits per heavy atom. The van der Waals surface area contributed by atoms with Gasteiger partial charge in [-0.05, 0) is 38.8 Å². The van der Waals surface area contributed by atoms with E-state index in [0.717, 1.165) is 16.8 Å². The number of aromatic nitrogens is 1. The van der Waals surface area contributed by atoms with Crippen LogP contribution in [0, 0.1) is 12.3 Å². The normalized spacial score (nSPS) is 17.7. The molecule has 1 aliphatic rings. The van der Waals surface area contributed by atoms with Crippen LogP contribution in [0.15, 0.2) is 30.4 Å². The molecule has 0 aromatic carbocycles. The van der Waals surface area contributed by atoms with Gasteiger partial charge in [0, 0.05) is 18.3 Å². The molecule has 24 heavy (non-hydrogen) atoms. The third-order valence-electron chi connectivity index (χ3n) is 4.06. The van der Waals surface area contributed by atoms with Crippen molar-refractivity contribution in [1.29, 1.82) is 5.41 Å². The Bertz CT molecular complexity index is 709. The fourth-order valence-corrected chi connectivity index (χ4v) is 2.59. The summed E-state index contributed by atoms with van der Waals surface area (Å²) in [7, 11) is 0. The van der Waals surface area contributed by atoms with Crippen molar-refractivity contribution in [3.63, 3.8) is 0 Å². The summed E-state index contributed by atoms with van der Waals surface area (Å²) in [6.07, 6.45) is 3.38. The summed E-state index contributed by atoms with van der Waals surface area (Å²) in [5.74, 6) is 0.500. The number of allylic oxidation sites excluding steroid dienone is 1. The van der Waals surface area contributed by atoms with Gasteiger partial charge in [-0.25, -0.2) is 9.78 Å². The minimum absolute atomic E-state index is 0.0845. The average molecular weight is 328 g/mol. The van der Waals surface area contributed by atoms with Crippen LogP contribution in [-0.2, 0) is 4.74 Å². The number of nitrogens with one attached hydrogen (secondary N) is 2. The first kappa shape index (κ1) is 17.7. The molecule has 0 spiro atoms. The van der Waals surface area contributed by atoms with Gasteiger partial charge in [0.05, 0.1) is 17.4 Å². The molecule has 1 fully saturated rings. The topological polar surface area (TPSA) is 78.3 Å². The van der Waals surface area contributed by atoms with Crippen molar-refractivity contribution in [2.75, 3.05) is 23.4 Å². The molecule has 1 amide bonds. The largest absolute Gasteiger partial charge is 0.447 e. The highest BCUT2D eigenvalue weighted by molar-refractivity contribution is 5.98. The lowest BCUT2D eigenvalue weighted by atomic mass is 10.1. The molecule has 1 aliphatic heterocycles. The van der Waals surface area contributed by atoms with Gasteiger partial charge in [-0.2, -0.15) is 0 Å². The quantitative estimate of drug-likeness (QED) is 0.617. The molecule has 2 N–H and O–H groups in total. The van der Waals surface area contributed by atoms with Gasteiger partial charge in [0.2, 0.25) is 0 Å². The highest BCUT2D eigenvalue weighted by Crippen LogP contribution is 2.28. The van der Waals surface area contributed by atoms with Gasteiger partial charge >= 0.3 is 6.09 Å². The number of carbonyl (C=O) groups is 1. The smallest absolute Gasteiger partial charge is 0.415 e. The van der Waals surface area contributed by atoms with Crippen LogP contribution >= 0.6 is 0 Å². The van der Waals surface area contributed by atoms with Crippen molar-refractivity contribution < 1.29 is 9.53 Å². The summed E-state index contributed by atoms with van der Waals surface area (Å²) in [5.41, 5.74) is 3.71. The summed E-state index contributed by atoms with van der Waals surface area (Å²) in [4.78, 5) is 18.0. The van der Waals surface area contributed by atoms with Crippen LogP contribution in [0.3, 0.4) is 0 Å². The second kappa shape index (κ2) is 7.29. The molecule has 6 heteroatoms. The minimum atomic E-state index is -0.404. The van der Waals surface area contributed by atoms with E-state index in [1.807, 2.05) is 32.9 Å². The molecule has 2 heterocycles. The van der Waals surface area contributed by atoms with Crippen molar-refractivity contribution in [2.45, 2.75) is 33.7 Å². The third kappa shape index (κ3) is 3.48. The number of ether oxygens (including phenoxy) is 1. The van der Waals surface area contributed by atoms with E-state index in [4.69, 9.17) is 10.1 Å². The predicted molar refractivity (Wildman–Crippen MR) is 97.2 cm³/mol. The number of carbonyl (C=O) groups excluding carboxylic acids is 1. The standard InChI is InChI=1S/C18H24N4O2/c1-6-14(7-2)9-20-15-8-16(21-17(12(15)4)13(5)19)22-11(3)10-24-18(22)23/h6-8,11,19H,1,9-10H2,2-5H3,(H,20,21)/b14-7+,19-13?. The zero-order valence-corrected chi connectivity index (χ0v) is 14.6. The van der Waals surface area contributed by atoms with Crippen molar-refractivity contribution in [2.24, 2.45) is 0 Å². The first-order chi connectivity index (χ1) is 11.4. The van der Waals surface area contributed by atoms with E-state index in [0.29, 0.717) is 30.4 Å². The summed E-state index contributed by atoms with van der Waals surface area (Å²) >= 11 is 0. The maximum absolute atomic E-state index is 12.0. The van der Waals surface area contributed by atoms with Crippen LogP contribution in [0.2, 0.25) is 0 Å². The lowest BCUT2D eigenvalue weighted by molar-refractivity contribution is 0.179. The third-order valence-corrected chi connectivity index (χ3v) is 4.06. The maximum atomic E-state index is 12.0. The van der Waals surface area contributed by atoms with Crippen molar-refractivity contribution in [3.05, 3.63) is 41.6 Å². The summed E-state index contributed by atoms with van der Waals surface area (Å²) in [6.45, 7) is 12.2. The van der Waals surface area contributed by atoms with Crippen LogP contribution in [-0.4, -0.2) is 36.0 Å². The number of nitrogens with zero attached hydrogens (tertiary/aromatic N) is 2. The SMILES string of the molecule is C=C/C(=C\C)CNc1cc(N2C(=O)OCC2C)nc(C(C)=N)c1C. The molecule has 2 rings (SSSR count). The van der Waals surface area contributed by atoms with E-state index < -0.39 is 6.09 Å². The second-order valence-corrected chi connectivity index (χ2v) is 5.84. The van der Waals surface area contributed by atoms with Crippen LogP contribution in [0.4, 0.5) is 16.3 Å². The molecule has 1 unspecified atom stereocenters. The van der Waals surface area contributed by atoms with Crippen molar-refractivity contribution >= 4 is 23.3 Å². The van der Waals surface area contributed by atoms with Gasteiger partial charge in [-0.1, -0.05) is 18.7 Å². The first-order valence-electron chi connectivity index (χ1n) is 7.93. The van der Waals surface area contributed by atoms with E-state index in [-0.39, 0.29) is 6.04 Å². The molecule has 6 nitrogen and oxygen atoms in total. The summed E-state index contributed by atoms with van der Waals surface area (Å²) in [5, 5.41) is 11.3. The van der Waals surface area contributed by atoms with E-state index >= 15 is 0 Å². The van der Waals surface area contributed by atoms with Crippen LogP contribution in [0.5, 0.6) is 0 Å². The fraction of sp³-hybridized carbons (Fsp3) is 0.389. The second-order valence-electron chi connectivity index (χ2n) is 5.84. The maximum Gasteiger partial charge on any atom is 0.415 e. The van der Waals surface area contributed by atoms with Gasteiger partial charge < -0.3 is 15.5 Å². The molecule has 0 aliphatic carbocycles. The molecule has 0 saturated carbocycles. The fourth-order valence-electron chi connectivity index (χ4n) is 2.59.